The molecule has 3 N–H and O–H groups in total. The summed E-state index contributed by atoms with van der Waals surface area (Å²) in [6, 6.07) is 25.8. The lowest BCUT2D eigenvalue weighted by molar-refractivity contribution is -0.143. The molecule has 7 atom stereocenters. The van der Waals surface area contributed by atoms with Crippen LogP contribution in [0.5, 0.6) is 0 Å². The van der Waals surface area contributed by atoms with Gasteiger partial charge in [0.05, 0.1) is 18.4 Å². The molecule has 12 heteroatoms. The van der Waals surface area contributed by atoms with Crippen LogP contribution >= 0.6 is 0 Å². The number of nitrogens with zero attached hydrogens (tertiary/aromatic N) is 3. The minimum Gasteiger partial charge on any atom is -0.354 e. The van der Waals surface area contributed by atoms with E-state index in [9.17, 15) is 28.8 Å². The molecule has 7 rings (SSSR count). The first-order valence-corrected chi connectivity index (χ1v) is 24.6. The van der Waals surface area contributed by atoms with E-state index in [4.69, 9.17) is 0 Å². The number of benzene rings is 3. The van der Waals surface area contributed by atoms with Gasteiger partial charge in [-0.25, -0.2) is 0 Å². The second kappa shape index (κ2) is 23.1. The number of likely N-dealkylation sites (tertiary alicyclic amines) is 1. The molecule has 6 amide bonds. The fourth-order valence-electron chi connectivity index (χ4n) is 9.80. The maximum Gasteiger partial charge on any atom is 0.253 e. The molecule has 2 aliphatic heterocycles. The van der Waals surface area contributed by atoms with Gasteiger partial charge in [-0.3, -0.25) is 28.8 Å². The molecule has 4 aliphatic rings. The summed E-state index contributed by atoms with van der Waals surface area (Å²) in [4.78, 5) is 88.0. The number of carbonyl (C=O) groups excluding carboxylic acids is 6. The lowest BCUT2D eigenvalue weighted by Gasteiger charge is -2.40. The van der Waals surface area contributed by atoms with E-state index in [1.54, 1.807) is 39.0 Å². The smallest absolute Gasteiger partial charge is 0.253 e. The van der Waals surface area contributed by atoms with Crippen molar-refractivity contribution in [1.82, 2.24) is 30.7 Å². The molecule has 2 aliphatic carbocycles. The minimum absolute atomic E-state index is 0.0205. The summed E-state index contributed by atoms with van der Waals surface area (Å²) in [7, 11) is 0. The van der Waals surface area contributed by atoms with Gasteiger partial charge in [0.2, 0.25) is 23.6 Å². The van der Waals surface area contributed by atoms with Gasteiger partial charge in [0.1, 0.15) is 6.04 Å². The molecule has 4 fully saturated rings. The van der Waals surface area contributed by atoms with Gasteiger partial charge in [-0.2, -0.15) is 0 Å². The lowest BCUT2D eigenvalue weighted by Crippen LogP contribution is -2.61. The highest BCUT2D eigenvalue weighted by atomic mass is 16.2. The molecule has 3 aromatic carbocycles. The molecule has 3 aromatic rings. The predicted octanol–water partition coefficient (Wildman–Crippen LogP) is 7.21. The maximum atomic E-state index is 14.1. The largest absolute Gasteiger partial charge is 0.354 e. The molecule has 12 nitrogen and oxygen atoms in total. The number of carbonyl (C=O) groups is 6. The molecule has 65 heavy (non-hydrogen) atoms. The topological polar surface area (TPSA) is 148 Å². The van der Waals surface area contributed by atoms with E-state index in [0.29, 0.717) is 30.6 Å². The molecule has 2 heterocycles. The van der Waals surface area contributed by atoms with Gasteiger partial charge in [-0.1, -0.05) is 132 Å². The molecule has 2 saturated carbocycles. The van der Waals surface area contributed by atoms with E-state index < -0.39 is 17.9 Å². The Hall–Kier alpha value is -5.52. The predicted molar refractivity (Wildman–Crippen MR) is 252 cm³/mol. The van der Waals surface area contributed by atoms with Gasteiger partial charge >= 0.3 is 0 Å². The first-order valence-electron chi connectivity index (χ1n) is 24.6. The van der Waals surface area contributed by atoms with E-state index in [1.165, 1.54) is 30.4 Å². The Morgan fingerprint density at radius 1 is 0.523 bits per heavy atom. The van der Waals surface area contributed by atoms with Gasteiger partial charge in [-0.05, 0) is 61.1 Å². The zero-order chi connectivity index (χ0) is 45.7. The SMILES string of the molecule is CCCCCCCCNC(=O)C1CN(C(=O)c2ccc(C(=O)N3C[C@@H](C(=O)N[C@H]4C[C@@H]4c4ccccc4)[C@H](C(=O)N[C@H]4C[C@@H]4c4ccccc4)C3)cc2)CCN1C(=O)CCCCCCC. The van der Waals surface area contributed by atoms with Crippen molar-refractivity contribution >= 4 is 35.4 Å². The van der Waals surface area contributed by atoms with Crippen molar-refractivity contribution in [3.63, 3.8) is 0 Å². The van der Waals surface area contributed by atoms with Crippen molar-refractivity contribution < 1.29 is 28.8 Å². The van der Waals surface area contributed by atoms with E-state index in [1.807, 2.05) is 36.4 Å². The summed E-state index contributed by atoms with van der Waals surface area (Å²) in [6.45, 7) is 5.72. The summed E-state index contributed by atoms with van der Waals surface area (Å²) in [5.74, 6) is -2.30. The number of unbranched alkanes of at least 4 members (excludes halogenated alkanes) is 9. The van der Waals surface area contributed by atoms with Crippen LogP contribution in [-0.4, -0.2) is 108 Å². The molecular weight excluding hydrogens is 817 g/mol. The van der Waals surface area contributed by atoms with Crippen molar-refractivity contribution in [2.75, 3.05) is 39.3 Å². The second-order valence-corrected chi connectivity index (χ2v) is 18.8. The zero-order valence-corrected chi connectivity index (χ0v) is 38.6. The van der Waals surface area contributed by atoms with Gasteiger partial charge in [0.25, 0.3) is 11.8 Å². The molecule has 0 radical (unpaired) electrons. The molecule has 0 bridgehead atoms. The number of amides is 6. The third-order valence-corrected chi connectivity index (χ3v) is 14.0. The van der Waals surface area contributed by atoms with E-state index in [-0.39, 0.29) is 85.5 Å². The highest BCUT2D eigenvalue weighted by Gasteiger charge is 2.49. The molecule has 0 aromatic heterocycles. The average molecular weight is 887 g/mol. The Balaban J connectivity index is 0.979. The first kappa shape index (κ1) is 47.4. The van der Waals surface area contributed by atoms with Gasteiger partial charge in [-0.15, -0.1) is 0 Å². The second-order valence-electron chi connectivity index (χ2n) is 18.8. The van der Waals surface area contributed by atoms with Crippen LogP contribution in [0.4, 0.5) is 0 Å². The fraction of sp³-hybridized carbons (Fsp3) is 0.547. The first-order chi connectivity index (χ1) is 31.7. The van der Waals surface area contributed by atoms with Crippen molar-refractivity contribution in [3.05, 3.63) is 107 Å². The quantitative estimate of drug-likeness (QED) is 0.0910. The average Bonchev–Trinajstić information content (AvgIpc) is 4.25. The number of piperazine rings is 1. The number of hydrogen-bond acceptors (Lipinski definition) is 6. The molecule has 348 valence electrons. The minimum atomic E-state index is -0.782. The molecule has 2 saturated heterocycles. The van der Waals surface area contributed by atoms with E-state index in [2.05, 4.69) is 54.1 Å². The molecule has 1 unspecified atom stereocenters. The van der Waals surface area contributed by atoms with Crippen molar-refractivity contribution in [2.45, 2.75) is 134 Å². The van der Waals surface area contributed by atoms with Crippen LogP contribution in [0.1, 0.15) is 147 Å². The summed E-state index contributed by atoms with van der Waals surface area (Å²) in [6.07, 6.45) is 13.7. The Morgan fingerprint density at radius 3 is 1.52 bits per heavy atom. The van der Waals surface area contributed by atoms with Crippen molar-refractivity contribution in [3.8, 4) is 0 Å². The van der Waals surface area contributed by atoms with Crippen LogP contribution in [0.25, 0.3) is 0 Å². The standard InChI is InChI=1S/C53H70N6O6/c1-3-5-7-9-11-19-29-54-51(63)47-36-57(30-31-59(47)48(60)24-18-10-8-6-4-2)52(64)39-25-27-40(28-26-39)53(65)58-34-43(49(61)55-45-32-41(45)37-20-14-12-15-21-37)44(35-58)50(62)56-46-33-42(46)38-22-16-13-17-23-38/h12-17,20-23,25-28,41-47H,3-11,18-19,24,29-36H2,1-2H3,(H,54,63)(H,55,61)(H,56,62)/t41-,42-,43-,44-,45+,46+,47?/m1/s1. The third-order valence-electron chi connectivity index (χ3n) is 14.0. The van der Waals surface area contributed by atoms with Crippen LogP contribution in [0.2, 0.25) is 0 Å². The van der Waals surface area contributed by atoms with Crippen LogP contribution in [0, 0.1) is 11.8 Å². The maximum absolute atomic E-state index is 14.1. The van der Waals surface area contributed by atoms with Crippen LogP contribution in [0.3, 0.4) is 0 Å². The fourth-order valence-corrected chi connectivity index (χ4v) is 9.80. The third kappa shape index (κ3) is 12.6. The van der Waals surface area contributed by atoms with E-state index in [0.717, 1.165) is 64.2 Å². The highest BCUT2D eigenvalue weighted by Crippen LogP contribution is 2.42. The summed E-state index contributed by atoms with van der Waals surface area (Å²) in [5, 5.41) is 9.44. The Morgan fingerprint density at radius 2 is 1.00 bits per heavy atom. The number of rotatable bonds is 22. The molecule has 0 spiro atoms. The summed E-state index contributed by atoms with van der Waals surface area (Å²) < 4.78 is 0. The van der Waals surface area contributed by atoms with Crippen molar-refractivity contribution in [1.29, 1.82) is 0 Å². The normalized spacial score (nSPS) is 23.4. The zero-order valence-electron chi connectivity index (χ0n) is 38.6. The highest BCUT2D eigenvalue weighted by molar-refractivity contribution is 6.00. The monoisotopic (exact) mass is 887 g/mol. The van der Waals surface area contributed by atoms with E-state index >= 15 is 0 Å². The summed E-state index contributed by atoms with van der Waals surface area (Å²) >= 11 is 0. The Bertz CT molecular complexity index is 2010. The van der Waals surface area contributed by atoms with Gasteiger partial charge < -0.3 is 30.7 Å². The van der Waals surface area contributed by atoms with Crippen molar-refractivity contribution in [2.24, 2.45) is 11.8 Å². The van der Waals surface area contributed by atoms with Gasteiger partial charge in [0.15, 0.2) is 0 Å². The van der Waals surface area contributed by atoms with Crippen LogP contribution in [-0.2, 0) is 19.2 Å². The number of hydrogen-bond donors (Lipinski definition) is 3. The lowest BCUT2D eigenvalue weighted by atomic mass is 9.94. The van der Waals surface area contributed by atoms with Crippen LogP contribution in [0.15, 0.2) is 84.9 Å². The Labute approximate surface area is 385 Å². The molecular formula is C53H70N6O6. The van der Waals surface area contributed by atoms with Gasteiger partial charge in [0, 0.05) is 74.2 Å². The summed E-state index contributed by atoms with van der Waals surface area (Å²) in [5.41, 5.74) is 3.06. The Kier molecular flexibility index (Phi) is 16.9. The van der Waals surface area contributed by atoms with Crippen LogP contribution < -0.4 is 16.0 Å². The number of nitrogens with one attached hydrogen (secondary N) is 3.